The SMILES string of the molecule is CCCCCN(C)c1cc(Br)ncn1. The number of rotatable bonds is 5. The Hall–Kier alpha value is -0.640. The number of halogens is 1. The van der Waals surface area contributed by atoms with E-state index in [-0.39, 0.29) is 0 Å². The van der Waals surface area contributed by atoms with Gasteiger partial charge in [-0.2, -0.15) is 0 Å². The maximum absolute atomic E-state index is 4.20. The van der Waals surface area contributed by atoms with Gasteiger partial charge >= 0.3 is 0 Å². The third-order valence-corrected chi connectivity index (χ3v) is 2.54. The molecule has 0 saturated heterocycles. The highest BCUT2D eigenvalue weighted by Crippen LogP contribution is 2.13. The van der Waals surface area contributed by atoms with E-state index in [1.54, 1.807) is 6.33 Å². The van der Waals surface area contributed by atoms with E-state index in [1.165, 1.54) is 19.3 Å². The van der Waals surface area contributed by atoms with Crippen molar-refractivity contribution in [1.29, 1.82) is 0 Å². The van der Waals surface area contributed by atoms with Crippen LogP contribution < -0.4 is 4.90 Å². The van der Waals surface area contributed by atoms with Crippen molar-refractivity contribution in [3.05, 3.63) is 17.0 Å². The zero-order chi connectivity index (χ0) is 10.4. The van der Waals surface area contributed by atoms with Gasteiger partial charge in [0.1, 0.15) is 16.7 Å². The van der Waals surface area contributed by atoms with Gasteiger partial charge in [0.25, 0.3) is 0 Å². The highest BCUT2D eigenvalue weighted by molar-refractivity contribution is 9.10. The molecule has 0 atom stereocenters. The zero-order valence-electron chi connectivity index (χ0n) is 8.70. The molecule has 0 amide bonds. The van der Waals surface area contributed by atoms with Crippen LogP contribution in [0.25, 0.3) is 0 Å². The molecule has 78 valence electrons. The Balaban J connectivity index is 2.47. The van der Waals surface area contributed by atoms with Crippen molar-refractivity contribution >= 4 is 21.7 Å². The number of unbranched alkanes of at least 4 members (excludes halogenated alkanes) is 2. The van der Waals surface area contributed by atoms with Crippen LogP contribution in [0.2, 0.25) is 0 Å². The summed E-state index contributed by atoms with van der Waals surface area (Å²) in [5, 5.41) is 0. The number of hydrogen-bond donors (Lipinski definition) is 0. The van der Waals surface area contributed by atoms with Crippen molar-refractivity contribution in [2.24, 2.45) is 0 Å². The quantitative estimate of drug-likeness (QED) is 0.600. The second-order valence-electron chi connectivity index (χ2n) is 3.33. The molecule has 0 aromatic carbocycles. The largest absolute Gasteiger partial charge is 0.360 e. The summed E-state index contributed by atoms with van der Waals surface area (Å²) in [5.41, 5.74) is 0. The lowest BCUT2D eigenvalue weighted by molar-refractivity contribution is 0.700. The van der Waals surface area contributed by atoms with Gasteiger partial charge in [-0.3, -0.25) is 0 Å². The van der Waals surface area contributed by atoms with Crippen molar-refractivity contribution in [3.63, 3.8) is 0 Å². The molecular formula is C10H16BrN3. The fourth-order valence-corrected chi connectivity index (χ4v) is 1.54. The van der Waals surface area contributed by atoms with Crippen LogP contribution in [-0.2, 0) is 0 Å². The molecule has 0 bridgehead atoms. The first kappa shape index (κ1) is 11.4. The number of hydrogen-bond acceptors (Lipinski definition) is 3. The van der Waals surface area contributed by atoms with Gasteiger partial charge in [-0.1, -0.05) is 19.8 Å². The maximum Gasteiger partial charge on any atom is 0.132 e. The molecule has 0 fully saturated rings. The highest BCUT2D eigenvalue weighted by Gasteiger charge is 2.02. The summed E-state index contributed by atoms with van der Waals surface area (Å²) in [7, 11) is 2.06. The van der Waals surface area contributed by atoms with E-state index in [4.69, 9.17) is 0 Å². The van der Waals surface area contributed by atoms with Gasteiger partial charge in [-0.05, 0) is 22.4 Å². The Labute approximate surface area is 93.7 Å². The van der Waals surface area contributed by atoms with Crippen LogP contribution in [0, 0.1) is 0 Å². The summed E-state index contributed by atoms with van der Waals surface area (Å²) in [6.07, 6.45) is 5.32. The van der Waals surface area contributed by atoms with Gasteiger partial charge in [0.2, 0.25) is 0 Å². The molecule has 0 unspecified atom stereocenters. The zero-order valence-corrected chi connectivity index (χ0v) is 10.3. The lowest BCUT2D eigenvalue weighted by Gasteiger charge is -2.17. The third-order valence-electron chi connectivity index (χ3n) is 2.11. The van der Waals surface area contributed by atoms with E-state index in [1.807, 2.05) is 6.07 Å². The number of aromatic nitrogens is 2. The standard InChI is InChI=1S/C10H16BrN3/c1-3-4-5-6-14(2)10-7-9(11)12-8-13-10/h7-8H,3-6H2,1-2H3. The van der Waals surface area contributed by atoms with Crippen molar-refractivity contribution in [2.75, 3.05) is 18.5 Å². The van der Waals surface area contributed by atoms with Crippen LogP contribution in [0.1, 0.15) is 26.2 Å². The summed E-state index contributed by atoms with van der Waals surface area (Å²) in [5.74, 6) is 0.975. The Bertz CT molecular complexity index is 278. The molecule has 4 heteroatoms. The molecule has 1 aromatic heterocycles. The fraction of sp³-hybridized carbons (Fsp3) is 0.600. The van der Waals surface area contributed by atoms with E-state index in [0.29, 0.717) is 0 Å². The maximum atomic E-state index is 4.20. The summed E-state index contributed by atoms with van der Waals surface area (Å²) in [6.45, 7) is 3.26. The van der Waals surface area contributed by atoms with Gasteiger partial charge in [0.15, 0.2) is 0 Å². The van der Waals surface area contributed by atoms with E-state index < -0.39 is 0 Å². The summed E-state index contributed by atoms with van der Waals surface area (Å²) in [4.78, 5) is 10.4. The van der Waals surface area contributed by atoms with Crippen molar-refractivity contribution in [1.82, 2.24) is 9.97 Å². The van der Waals surface area contributed by atoms with Gasteiger partial charge in [0.05, 0.1) is 0 Å². The number of anilines is 1. The minimum absolute atomic E-state index is 0.838. The second kappa shape index (κ2) is 5.96. The smallest absolute Gasteiger partial charge is 0.132 e. The lowest BCUT2D eigenvalue weighted by atomic mass is 10.2. The lowest BCUT2D eigenvalue weighted by Crippen LogP contribution is -2.19. The van der Waals surface area contributed by atoms with Crippen molar-refractivity contribution in [3.8, 4) is 0 Å². The third kappa shape index (κ3) is 3.62. The molecule has 0 N–H and O–H groups in total. The van der Waals surface area contributed by atoms with E-state index in [0.717, 1.165) is 17.0 Å². The molecule has 1 heterocycles. The first-order valence-corrected chi connectivity index (χ1v) is 5.72. The molecule has 0 aliphatic heterocycles. The highest BCUT2D eigenvalue weighted by atomic mass is 79.9. The van der Waals surface area contributed by atoms with E-state index >= 15 is 0 Å². The molecule has 14 heavy (non-hydrogen) atoms. The van der Waals surface area contributed by atoms with Crippen LogP contribution in [0.3, 0.4) is 0 Å². The van der Waals surface area contributed by atoms with Gasteiger partial charge < -0.3 is 4.90 Å². The molecule has 3 nitrogen and oxygen atoms in total. The Morgan fingerprint density at radius 1 is 1.36 bits per heavy atom. The molecule has 0 aliphatic rings. The van der Waals surface area contributed by atoms with Crippen LogP contribution in [-0.4, -0.2) is 23.6 Å². The Kier molecular flexibility index (Phi) is 4.87. The molecule has 1 rings (SSSR count). The molecule has 0 radical (unpaired) electrons. The van der Waals surface area contributed by atoms with Crippen molar-refractivity contribution in [2.45, 2.75) is 26.2 Å². The molecular weight excluding hydrogens is 242 g/mol. The minimum atomic E-state index is 0.838. The first-order valence-electron chi connectivity index (χ1n) is 4.92. The average Bonchev–Trinajstić information content (AvgIpc) is 2.18. The summed E-state index contributed by atoms with van der Waals surface area (Å²) in [6, 6.07) is 1.94. The van der Waals surface area contributed by atoms with E-state index in [2.05, 4.69) is 44.8 Å². The molecule has 0 spiro atoms. The van der Waals surface area contributed by atoms with Gasteiger partial charge in [-0.25, -0.2) is 9.97 Å². The van der Waals surface area contributed by atoms with Crippen LogP contribution in [0.15, 0.2) is 17.0 Å². The Morgan fingerprint density at radius 3 is 2.79 bits per heavy atom. The van der Waals surface area contributed by atoms with Crippen molar-refractivity contribution < 1.29 is 0 Å². The van der Waals surface area contributed by atoms with Crippen LogP contribution >= 0.6 is 15.9 Å². The monoisotopic (exact) mass is 257 g/mol. The molecule has 0 saturated carbocycles. The predicted octanol–water partition coefficient (Wildman–Crippen LogP) is 2.87. The normalized spacial score (nSPS) is 10.2. The first-order chi connectivity index (χ1) is 6.74. The average molecular weight is 258 g/mol. The summed E-state index contributed by atoms with van der Waals surface area (Å²) < 4.78 is 0.838. The van der Waals surface area contributed by atoms with E-state index in [9.17, 15) is 0 Å². The number of nitrogens with zero attached hydrogens (tertiary/aromatic N) is 3. The minimum Gasteiger partial charge on any atom is -0.360 e. The summed E-state index contributed by atoms with van der Waals surface area (Å²) >= 11 is 3.33. The van der Waals surface area contributed by atoms with Gasteiger partial charge in [-0.15, -0.1) is 0 Å². The Morgan fingerprint density at radius 2 is 2.14 bits per heavy atom. The van der Waals surface area contributed by atoms with Gasteiger partial charge in [0, 0.05) is 19.7 Å². The topological polar surface area (TPSA) is 29.0 Å². The molecule has 0 aliphatic carbocycles. The fourth-order valence-electron chi connectivity index (χ4n) is 1.25. The molecule has 1 aromatic rings. The van der Waals surface area contributed by atoms with Crippen LogP contribution in [0.4, 0.5) is 5.82 Å². The second-order valence-corrected chi connectivity index (χ2v) is 4.14. The predicted molar refractivity (Wildman–Crippen MR) is 62.5 cm³/mol. The van der Waals surface area contributed by atoms with Crippen LogP contribution in [0.5, 0.6) is 0 Å².